The summed E-state index contributed by atoms with van der Waals surface area (Å²) in [6.45, 7) is 5.57. The van der Waals surface area contributed by atoms with Gasteiger partial charge >= 0.3 is 0 Å². The van der Waals surface area contributed by atoms with Crippen molar-refractivity contribution in [2.75, 3.05) is 19.0 Å². The minimum atomic E-state index is -0.0283. The summed E-state index contributed by atoms with van der Waals surface area (Å²) in [5.74, 6) is 1.19. The predicted molar refractivity (Wildman–Crippen MR) is 81.8 cm³/mol. The second-order valence-corrected chi connectivity index (χ2v) is 7.44. The van der Waals surface area contributed by atoms with Gasteiger partial charge < -0.3 is 15.2 Å². The Morgan fingerprint density at radius 3 is 2.68 bits per heavy atom. The molecule has 0 radical (unpaired) electrons. The summed E-state index contributed by atoms with van der Waals surface area (Å²) >= 11 is 2.05. The van der Waals surface area contributed by atoms with Crippen molar-refractivity contribution in [3.8, 4) is 0 Å². The smallest absolute Gasteiger partial charge is 0.0666 e. The van der Waals surface area contributed by atoms with Crippen molar-refractivity contribution in [2.45, 2.75) is 75.3 Å². The van der Waals surface area contributed by atoms with E-state index in [9.17, 15) is 5.11 Å². The molecule has 0 aromatic rings. The number of ether oxygens (including phenoxy) is 1. The Balaban J connectivity index is 1.66. The number of aliphatic hydroxyl groups excluding tert-OH is 1. The van der Waals surface area contributed by atoms with E-state index in [1.54, 1.807) is 0 Å². The molecule has 1 heterocycles. The molecule has 2 rings (SSSR count). The van der Waals surface area contributed by atoms with E-state index in [-0.39, 0.29) is 12.1 Å². The Morgan fingerprint density at radius 2 is 2.16 bits per heavy atom. The Bertz CT molecular complexity index is 267. The first-order valence-electron chi connectivity index (χ1n) is 7.81. The van der Waals surface area contributed by atoms with Crippen LogP contribution in [0, 0.1) is 0 Å². The third-order valence-electron chi connectivity index (χ3n) is 4.51. The van der Waals surface area contributed by atoms with Crippen LogP contribution >= 0.6 is 11.8 Å². The zero-order valence-corrected chi connectivity index (χ0v) is 13.2. The first-order valence-corrected chi connectivity index (χ1v) is 8.86. The van der Waals surface area contributed by atoms with Gasteiger partial charge in [-0.05, 0) is 51.2 Å². The standard InChI is InChI=1S/C15H29NO2S/c1-3-15(11-17,16-13-5-6-13)8-4-10-19-14-7-9-18-12(14)2/h12-14,16-17H,3-11H2,1-2H3. The normalized spacial score (nSPS) is 30.5. The molecule has 3 unspecified atom stereocenters. The maximum absolute atomic E-state index is 9.72. The van der Waals surface area contributed by atoms with Crippen molar-refractivity contribution in [2.24, 2.45) is 0 Å². The Labute approximate surface area is 121 Å². The molecule has 1 aliphatic heterocycles. The van der Waals surface area contributed by atoms with Gasteiger partial charge in [0.15, 0.2) is 0 Å². The predicted octanol–water partition coefficient (Wildman–Crippen LogP) is 2.57. The van der Waals surface area contributed by atoms with Gasteiger partial charge in [-0.25, -0.2) is 0 Å². The number of rotatable bonds is 9. The van der Waals surface area contributed by atoms with Gasteiger partial charge in [-0.3, -0.25) is 0 Å². The second-order valence-electron chi connectivity index (χ2n) is 6.09. The highest BCUT2D eigenvalue weighted by molar-refractivity contribution is 7.99. The molecule has 19 heavy (non-hydrogen) atoms. The van der Waals surface area contributed by atoms with Crippen LogP contribution in [0.2, 0.25) is 0 Å². The van der Waals surface area contributed by atoms with E-state index < -0.39 is 0 Å². The van der Waals surface area contributed by atoms with E-state index in [0.29, 0.717) is 17.4 Å². The zero-order chi connectivity index (χ0) is 13.7. The molecule has 2 fully saturated rings. The summed E-state index contributed by atoms with van der Waals surface area (Å²) in [5.41, 5.74) is -0.0283. The molecule has 112 valence electrons. The lowest BCUT2D eigenvalue weighted by atomic mass is 9.91. The van der Waals surface area contributed by atoms with Gasteiger partial charge in [0, 0.05) is 23.4 Å². The van der Waals surface area contributed by atoms with Crippen LogP contribution < -0.4 is 5.32 Å². The highest BCUT2D eigenvalue weighted by atomic mass is 32.2. The summed E-state index contributed by atoms with van der Waals surface area (Å²) in [7, 11) is 0. The molecule has 3 nitrogen and oxygen atoms in total. The highest BCUT2D eigenvalue weighted by Gasteiger charge is 2.34. The van der Waals surface area contributed by atoms with Gasteiger partial charge in [0.2, 0.25) is 0 Å². The number of hydrogen-bond acceptors (Lipinski definition) is 4. The topological polar surface area (TPSA) is 41.5 Å². The minimum Gasteiger partial charge on any atom is -0.394 e. The quantitative estimate of drug-likeness (QED) is 0.640. The highest BCUT2D eigenvalue weighted by Crippen LogP contribution is 2.30. The molecule has 0 amide bonds. The fourth-order valence-corrected chi connectivity index (χ4v) is 4.05. The zero-order valence-electron chi connectivity index (χ0n) is 12.4. The van der Waals surface area contributed by atoms with Crippen molar-refractivity contribution in [1.82, 2.24) is 5.32 Å². The molecular formula is C15H29NO2S. The fourth-order valence-electron chi connectivity index (χ4n) is 2.82. The average molecular weight is 287 g/mol. The van der Waals surface area contributed by atoms with Crippen molar-refractivity contribution < 1.29 is 9.84 Å². The summed E-state index contributed by atoms with van der Waals surface area (Å²) < 4.78 is 5.59. The van der Waals surface area contributed by atoms with E-state index >= 15 is 0 Å². The SMILES string of the molecule is CCC(CO)(CCCSC1CCOC1C)NC1CC1. The van der Waals surface area contributed by atoms with Crippen LogP contribution in [0.1, 0.15) is 52.4 Å². The molecule has 1 saturated heterocycles. The third kappa shape index (κ3) is 4.62. The molecule has 2 N–H and O–H groups in total. The van der Waals surface area contributed by atoms with Gasteiger partial charge in [0.1, 0.15) is 0 Å². The van der Waals surface area contributed by atoms with Crippen LogP contribution in [0.25, 0.3) is 0 Å². The van der Waals surface area contributed by atoms with E-state index in [1.165, 1.54) is 31.4 Å². The van der Waals surface area contributed by atoms with Crippen LogP contribution in [0.4, 0.5) is 0 Å². The van der Waals surface area contributed by atoms with Gasteiger partial charge in [0.05, 0.1) is 12.7 Å². The minimum absolute atomic E-state index is 0.0283. The molecule has 3 atom stereocenters. The maximum Gasteiger partial charge on any atom is 0.0666 e. The van der Waals surface area contributed by atoms with Crippen molar-refractivity contribution >= 4 is 11.8 Å². The maximum atomic E-state index is 9.72. The van der Waals surface area contributed by atoms with Gasteiger partial charge in [-0.2, -0.15) is 11.8 Å². The molecule has 4 heteroatoms. The summed E-state index contributed by atoms with van der Waals surface area (Å²) in [6.07, 6.45) is 7.48. The summed E-state index contributed by atoms with van der Waals surface area (Å²) in [5, 5.41) is 14.1. The molecule has 0 aromatic carbocycles. The van der Waals surface area contributed by atoms with E-state index in [0.717, 1.165) is 19.4 Å². The summed E-state index contributed by atoms with van der Waals surface area (Å²) in [4.78, 5) is 0. The summed E-state index contributed by atoms with van der Waals surface area (Å²) in [6, 6.07) is 0.669. The molecule has 1 saturated carbocycles. The second kappa shape index (κ2) is 7.30. The van der Waals surface area contributed by atoms with Crippen LogP contribution in [-0.2, 0) is 4.74 Å². The van der Waals surface area contributed by atoms with E-state index in [4.69, 9.17) is 4.74 Å². The fraction of sp³-hybridized carbons (Fsp3) is 1.00. The Hall–Kier alpha value is 0.230. The molecule has 0 aromatic heterocycles. The first kappa shape index (κ1) is 15.6. The Morgan fingerprint density at radius 1 is 1.37 bits per heavy atom. The lowest BCUT2D eigenvalue weighted by Gasteiger charge is -2.32. The number of aliphatic hydroxyl groups is 1. The van der Waals surface area contributed by atoms with Crippen molar-refractivity contribution in [1.29, 1.82) is 0 Å². The van der Waals surface area contributed by atoms with Crippen LogP contribution in [0.3, 0.4) is 0 Å². The lowest BCUT2D eigenvalue weighted by Crippen LogP contribution is -2.49. The van der Waals surface area contributed by atoms with Crippen LogP contribution in [-0.4, -0.2) is 47.0 Å². The molecule has 0 bridgehead atoms. The molecule has 2 aliphatic rings. The number of nitrogens with one attached hydrogen (secondary N) is 1. The lowest BCUT2D eigenvalue weighted by molar-refractivity contribution is 0.127. The average Bonchev–Trinajstić information content (AvgIpc) is 3.15. The van der Waals surface area contributed by atoms with Gasteiger partial charge in [0.25, 0.3) is 0 Å². The monoisotopic (exact) mass is 287 g/mol. The van der Waals surface area contributed by atoms with Crippen LogP contribution in [0.15, 0.2) is 0 Å². The molecule has 0 spiro atoms. The molecule has 1 aliphatic carbocycles. The number of hydrogen-bond donors (Lipinski definition) is 2. The number of thioether (sulfide) groups is 1. The van der Waals surface area contributed by atoms with Crippen molar-refractivity contribution in [3.05, 3.63) is 0 Å². The first-order chi connectivity index (χ1) is 9.19. The largest absolute Gasteiger partial charge is 0.394 e. The van der Waals surface area contributed by atoms with Crippen molar-refractivity contribution in [3.63, 3.8) is 0 Å². The van der Waals surface area contributed by atoms with E-state index in [2.05, 4.69) is 30.9 Å². The van der Waals surface area contributed by atoms with Gasteiger partial charge in [-0.1, -0.05) is 6.92 Å². The Kier molecular flexibility index (Phi) is 6.00. The third-order valence-corrected chi connectivity index (χ3v) is 6.08. The van der Waals surface area contributed by atoms with Gasteiger partial charge in [-0.15, -0.1) is 0 Å². The van der Waals surface area contributed by atoms with Crippen LogP contribution in [0.5, 0.6) is 0 Å². The molecular weight excluding hydrogens is 258 g/mol. The van der Waals surface area contributed by atoms with E-state index in [1.807, 2.05) is 0 Å².